The van der Waals surface area contributed by atoms with Crippen LogP contribution in [0.3, 0.4) is 0 Å². The van der Waals surface area contributed by atoms with Crippen LogP contribution in [-0.4, -0.2) is 41.9 Å². The Kier molecular flexibility index (Phi) is 4.64. The highest BCUT2D eigenvalue weighted by Crippen LogP contribution is 2.25. The van der Waals surface area contributed by atoms with Gasteiger partial charge in [0.05, 0.1) is 4.90 Å². The average molecular weight is 346 g/mol. The summed E-state index contributed by atoms with van der Waals surface area (Å²) in [5, 5.41) is 9.00. The fourth-order valence-corrected chi connectivity index (χ4v) is 4.32. The predicted molar refractivity (Wildman–Crippen MR) is 89.2 cm³/mol. The van der Waals surface area contributed by atoms with Gasteiger partial charge in [-0.15, -0.1) is 0 Å². The SMILES string of the molecule is O=C(O)c1cc(-c2ccc(S(=O)(=O)N3CCCCC3)cc2)ccn1. The van der Waals surface area contributed by atoms with Crippen LogP contribution in [0.5, 0.6) is 0 Å². The van der Waals surface area contributed by atoms with Gasteiger partial charge in [0.2, 0.25) is 10.0 Å². The van der Waals surface area contributed by atoms with Gasteiger partial charge in [0, 0.05) is 19.3 Å². The van der Waals surface area contributed by atoms with Gasteiger partial charge >= 0.3 is 5.97 Å². The Morgan fingerprint density at radius 2 is 1.67 bits per heavy atom. The molecule has 0 saturated carbocycles. The first-order valence-electron chi connectivity index (χ1n) is 7.78. The van der Waals surface area contributed by atoms with Crippen molar-refractivity contribution in [2.75, 3.05) is 13.1 Å². The number of carbonyl (C=O) groups is 1. The molecule has 0 radical (unpaired) electrons. The number of aromatic nitrogens is 1. The van der Waals surface area contributed by atoms with Crippen molar-refractivity contribution in [2.24, 2.45) is 0 Å². The second-order valence-corrected chi connectivity index (χ2v) is 7.66. The molecule has 1 aromatic heterocycles. The first-order valence-corrected chi connectivity index (χ1v) is 9.22. The quantitative estimate of drug-likeness (QED) is 0.919. The summed E-state index contributed by atoms with van der Waals surface area (Å²) < 4.78 is 26.8. The summed E-state index contributed by atoms with van der Waals surface area (Å²) in [5.41, 5.74) is 1.39. The molecule has 7 heteroatoms. The molecular formula is C17H18N2O4S. The summed E-state index contributed by atoms with van der Waals surface area (Å²) in [6, 6.07) is 9.69. The number of aromatic carboxylic acids is 1. The minimum absolute atomic E-state index is 0.0440. The zero-order valence-electron chi connectivity index (χ0n) is 13.1. The third-order valence-electron chi connectivity index (χ3n) is 4.12. The first-order chi connectivity index (χ1) is 11.5. The summed E-state index contributed by atoms with van der Waals surface area (Å²) >= 11 is 0. The maximum atomic E-state index is 12.6. The van der Waals surface area contributed by atoms with Crippen LogP contribution >= 0.6 is 0 Å². The van der Waals surface area contributed by atoms with Crippen LogP contribution in [0.2, 0.25) is 0 Å². The van der Waals surface area contributed by atoms with Gasteiger partial charge in [-0.25, -0.2) is 18.2 Å². The number of carboxylic acids is 1. The van der Waals surface area contributed by atoms with Gasteiger partial charge < -0.3 is 5.11 Å². The predicted octanol–water partition coefficient (Wildman–Crippen LogP) is 2.62. The largest absolute Gasteiger partial charge is 0.477 e. The van der Waals surface area contributed by atoms with Crippen LogP contribution < -0.4 is 0 Å². The number of hydrogen-bond donors (Lipinski definition) is 1. The number of pyridine rings is 1. The minimum atomic E-state index is -3.46. The lowest BCUT2D eigenvalue weighted by Crippen LogP contribution is -2.35. The maximum Gasteiger partial charge on any atom is 0.354 e. The van der Waals surface area contributed by atoms with Crippen molar-refractivity contribution in [3.8, 4) is 11.1 Å². The van der Waals surface area contributed by atoms with Gasteiger partial charge in [-0.2, -0.15) is 4.31 Å². The van der Waals surface area contributed by atoms with Gasteiger partial charge in [-0.05, 0) is 48.2 Å². The van der Waals surface area contributed by atoms with Crippen LogP contribution in [0.25, 0.3) is 11.1 Å². The van der Waals surface area contributed by atoms with E-state index in [0.717, 1.165) is 24.8 Å². The third kappa shape index (κ3) is 3.32. The molecule has 1 fully saturated rings. The molecule has 1 aliphatic heterocycles. The molecule has 2 aromatic rings. The molecular weight excluding hydrogens is 328 g/mol. The summed E-state index contributed by atoms with van der Waals surface area (Å²) in [6.07, 6.45) is 4.29. The second kappa shape index (κ2) is 6.70. The van der Waals surface area contributed by atoms with Crippen molar-refractivity contribution in [3.05, 3.63) is 48.3 Å². The Morgan fingerprint density at radius 1 is 1.00 bits per heavy atom. The van der Waals surface area contributed by atoms with Gasteiger partial charge in [0.25, 0.3) is 0 Å². The lowest BCUT2D eigenvalue weighted by molar-refractivity contribution is 0.0690. The summed E-state index contributed by atoms with van der Waals surface area (Å²) in [7, 11) is -3.46. The lowest BCUT2D eigenvalue weighted by atomic mass is 10.1. The van der Waals surface area contributed by atoms with Gasteiger partial charge in [-0.3, -0.25) is 0 Å². The second-order valence-electron chi connectivity index (χ2n) is 5.72. The molecule has 1 aliphatic rings. The minimum Gasteiger partial charge on any atom is -0.477 e. The van der Waals surface area contributed by atoms with Crippen molar-refractivity contribution in [1.29, 1.82) is 0 Å². The number of piperidine rings is 1. The molecule has 0 amide bonds. The van der Waals surface area contributed by atoms with E-state index in [-0.39, 0.29) is 10.6 Å². The third-order valence-corrected chi connectivity index (χ3v) is 6.03. The van der Waals surface area contributed by atoms with Crippen LogP contribution in [-0.2, 0) is 10.0 Å². The molecule has 1 aromatic carbocycles. The van der Waals surface area contributed by atoms with Crippen molar-refractivity contribution in [2.45, 2.75) is 24.2 Å². The van der Waals surface area contributed by atoms with Crippen LogP contribution in [0.15, 0.2) is 47.5 Å². The van der Waals surface area contributed by atoms with E-state index in [1.165, 1.54) is 16.6 Å². The van der Waals surface area contributed by atoms with Crippen molar-refractivity contribution < 1.29 is 18.3 Å². The van der Waals surface area contributed by atoms with Crippen molar-refractivity contribution >= 4 is 16.0 Å². The Balaban J connectivity index is 1.88. The molecule has 0 aliphatic carbocycles. The van der Waals surface area contributed by atoms with E-state index < -0.39 is 16.0 Å². The molecule has 1 N–H and O–H groups in total. The molecule has 126 valence electrons. The monoisotopic (exact) mass is 346 g/mol. The highest BCUT2D eigenvalue weighted by molar-refractivity contribution is 7.89. The fraction of sp³-hybridized carbons (Fsp3) is 0.294. The van der Waals surface area contributed by atoms with E-state index in [1.54, 1.807) is 30.3 Å². The molecule has 0 spiro atoms. The van der Waals surface area contributed by atoms with Gasteiger partial charge in [0.15, 0.2) is 0 Å². The highest BCUT2D eigenvalue weighted by Gasteiger charge is 2.25. The number of rotatable bonds is 4. The normalized spacial score (nSPS) is 16.0. The molecule has 1 saturated heterocycles. The summed E-state index contributed by atoms with van der Waals surface area (Å²) in [6.45, 7) is 1.13. The Hall–Kier alpha value is -2.25. The van der Waals surface area contributed by atoms with E-state index in [4.69, 9.17) is 5.11 Å². The Labute approximate surface area is 140 Å². The van der Waals surface area contributed by atoms with E-state index in [2.05, 4.69) is 4.98 Å². The zero-order valence-corrected chi connectivity index (χ0v) is 13.9. The van der Waals surface area contributed by atoms with Crippen molar-refractivity contribution in [1.82, 2.24) is 9.29 Å². The molecule has 0 bridgehead atoms. The smallest absolute Gasteiger partial charge is 0.354 e. The molecule has 6 nitrogen and oxygen atoms in total. The lowest BCUT2D eigenvalue weighted by Gasteiger charge is -2.25. The number of carboxylic acid groups (broad SMARTS) is 1. The molecule has 0 atom stereocenters. The first kappa shape index (κ1) is 16.6. The van der Waals surface area contributed by atoms with E-state index in [1.807, 2.05) is 0 Å². The average Bonchev–Trinajstić information content (AvgIpc) is 2.62. The Bertz CT molecular complexity index is 841. The highest BCUT2D eigenvalue weighted by atomic mass is 32.2. The zero-order chi connectivity index (χ0) is 17.2. The standard InChI is InChI=1S/C17H18N2O4S/c20-17(21)16-12-14(8-9-18-16)13-4-6-15(7-5-13)24(22,23)19-10-2-1-3-11-19/h4-9,12H,1-3,10-11H2,(H,20,21). The van der Waals surface area contributed by atoms with Crippen LogP contribution in [0, 0.1) is 0 Å². The van der Waals surface area contributed by atoms with Crippen molar-refractivity contribution in [3.63, 3.8) is 0 Å². The Morgan fingerprint density at radius 3 is 2.29 bits per heavy atom. The van der Waals surface area contributed by atoms with E-state index >= 15 is 0 Å². The summed E-state index contributed by atoms with van der Waals surface area (Å²) in [5.74, 6) is -1.10. The molecule has 3 rings (SSSR count). The molecule has 0 unspecified atom stereocenters. The molecule has 24 heavy (non-hydrogen) atoms. The molecule has 2 heterocycles. The topological polar surface area (TPSA) is 87.6 Å². The number of nitrogens with zero attached hydrogens (tertiary/aromatic N) is 2. The van der Waals surface area contributed by atoms with Gasteiger partial charge in [0.1, 0.15) is 5.69 Å². The van der Waals surface area contributed by atoms with Gasteiger partial charge in [-0.1, -0.05) is 18.6 Å². The fourth-order valence-electron chi connectivity index (χ4n) is 2.80. The number of benzene rings is 1. The number of hydrogen-bond acceptors (Lipinski definition) is 4. The summed E-state index contributed by atoms with van der Waals surface area (Å²) in [4.78, 5) is 15.0. The van der Waals surface area contributed by atoms with Crippen LogP contribution in [0.1, 0.15) is 29.8 Å². The van der Waals surface area contributed by atoms with E-state index in [9.17, 15) is 13.2 Å². The van der Waals surface area contributed by atoms with Crippen LogP contribution in [0.4, 0.5) is 0 Å². The maximum absolute atomic E-state index is 12.6. The number of sulfonamides is 1. The van der Waals surface area contributed by atoms with E-state index in [0.29, 0.717) is 18.7 Å².